The molecule has 4 nitrogen and oxygen atoms in total. The summed E-state index contributed by atoms with van der Waals surface area (Å²) in [5.74, 6) is 0. The molecule has 0 saturated heterocycles. The van der Waals surface area contributed by atoms with Gasteiger partial charge in [0, 0.05) is 21.9 Å². The molecule has 7 aromatic rings. The normalized spacial score (nSPS) is 11.7. The van der Waals surface area contributed by atoms with E-state index in [1.165, 1.54) is 0 Å². The van der Waals surface area contributed by atoms with Gasteiger partial charge in [-0.15, -0.1) is 0 Å². The zero-order chi connectivity index (χ0) is 31.6. The van der Waals surface area contributed by atoms with Crippen molar-refractivity contribution >= 4 is 45.3 Å². The first-order valence-corrected chi connectivity index (χ1v) is 15.5. The van der Waals surface area contributed by atoms with Crippen LogP contribution in [0, 0.1) is 0 Å². The van der Waals surface area contributed by atoms with Gasteiger partial charge in [0.05, 0.1) is 33.8 Å². The van der Waals surface area contributed by atoms with Gasteiger partial charge in [-0.1, -0.05) is 121 Å². The smallest absolute Gasteiger partial charge is 0.0944 e. The van der Waals surface area contributed by atoms with Gasteiger partial charge in [-0.2, -0.15) is 0 Å². The zero-order valence-corrected chi connectivity index (χ0v) is 25.9. The number of anilines is 2. The molecule has 0 aliphatic rings. The minimum Gasteiger partial charge on any atom is -0.396 e. The van der Waals surface area contributed by atoms with Crippen molar-refractivity contribution in [2.24, 2.45) is 0 Å². The van der Waals surface area contributed by atoms with Gasteiger partial charge in [-0.3, -0.25) is 0 Å². The second kappa shape index (κ2) is 12.2. The molecular formula is C42H34N4. The van der Waals surface area contributed by atoms with E-state index in [0.29, 0.717) is 11.4 Å². The van der Waals surface area contributed by atoms with E-state index in [9.17, 15) is 0 Å². The SMILES string of the molecule is C/C=C\c1ccc2ccc(-c3cccc(-c4ccccc4-c4cccc(-c5ccc6ccc(/C=C\C)c(N)c6n5)c4)c3)nc2c1N. The maximum absolute atomic E-state index is 6.54. The number of hydrogen-bond donors (Lipinski definition) is 2. The number of nitrogens with zero attached hydrogens (tertiary/aromatic N) is 2. The Bertz CT molecular complexity index is 2150. The summed E-state index contributed by atoms with van der Waals surface area (Å²) in [6.45, 7) is 3.98. The lowest BCUT2D eigenvalue weighted by molar-refractivity contribution is 1.39. The first-order chi connectivity index (χ1) is 22.5. The van der Waals surface area contributed by atoms with E-state index in [-0.39, 0.29) is 0 Å². The Balaban J connectivity index is 1.28. The van der Waals surface area contributed by atoms with Crippen molar-refractivity contribution in [2.45, 2.75) is 13.8 Å². The standard InChI is InChI=1S/C42H34N4/c1-3-9-27-17-19-29-21-23-37(45-41(29)39(27)43)33-13-7-11-31(25-33)35-15-5-6-16-36(35)32-12-8-14-34(26-32)38-24-22-30-20-18-28(10-4-2)40(44)42(30)46-38/h3-26H,43-44H2,1-2H3/b9-3-,10-4-. The lowest BCUT2D eigenvalue weighted by atomic mass is 9.92. The predicted molar refractivity (Wildman–Crippen MR) is 197 cm³/mol. The molecule has 0 fully saturated rings. The minimum absolute atomic E-state index is 0.695. The summed E-state index contributed by atoms with van der Waals surface area (Å²) < 4.78 is 0. The Morgan fingerprint density at radius 3 is 1.30 bits per heavy atom. The number of benzene rings is 5. The van der Waals surface area contributed by atoms with Crippen LogP contribution in [0.25, 0.3) is 78.7 Å². The number of allylic oxidation sites excluding steroid dienone is 2. The van der Waals surface area contributed by atoms with E-state index in [2.05, 4.69) is 109 Å². The van der Waals surface area contributed by atoms with Gasteiger partial charge in [0.2, 0.25) is 0 Å². The number of rotatable bonds is 6. The molecule has 0 aliphatic carbocycles. The van der Waals surface area contributed by atoms with Crippen molar-refractivity contribution in [3.8, 4) is 44.8 Å². The lowest BCUT2D eigenvalue weighted by Gasteiger charge is -2.13. The molecule has 0 spiro atoms. The third-order valence-corrected chi connectivity index (χ3v) is 8.43. The minimum atomic E-state index is 0.695. The van der Waals surface area contributed by atoms with Gasteiger partial charge >= 0.3 is 0 Å². The molecule has 0 atom stereocenters. The van der Waals surface area contributed by atoms with E-state index < -0.39 is 0 Å². The van der Waals surface area contributed by atoms with Crippen molar-refractivity contribution in [3.63, 3.8) is 0 Å². The largest absolute Gasteiger partial charge is 0.396 e. The van der Waals surface area contributed by atoms with Gasteiger partial charge in [-0.05, 0) is 71.5 Å². The quantitative estimate of drug-likeness (QED) is 0.188. The Kier molecular flexibility index (Phi) is 7.61. The highest BCUT2D eigenvalue weighted by Gasteiger charge is 2.13. The monoisotopic (exact) mass is 594 g/mol. The highest BCUT2D eigenvalue weighted by atomic mass is 14.7. The maximum atomic E-state index is 6.54. The molecule has 0 saturated carbocycles. The highest BCUT2D eigenvalue weighted by molar-refractivity contribution is 5.97. The van der Waals surface area contributed by atoms with Gasteiger partial charge < -0.3 is 11.5 Å². The number of pyridine rings is 2. The van der Waals surface area contributed by atoms with Crippen LogP contribution in [-0.4, -0.2) is 9.97 Å². The Labute approximate surface area is 269 Å². The van der Waals surface area contributed by atoms with E-state index >= 15 is 0 Å². The fourth-order valence-electron chi connectivity index (χ4n) is 6.10. The van der Waals surface area contributed by atoms with E-state index in [1.54, 1.807) is 0 Å². The molecule has 0 bridgehead atoms. The molecule has 0 radical (unpaired) electrons. The summed E-state index contributed by atoms with van der Waals surface area (Å²) in [7, 11) is 0. The Hall–Kier alpha value is -6.00. The molecule has 222 valence electrons. The molecule has 7 rings (SSSR count). The number of nitrogens with two attached hydrogens (primary N) is 2. The van der Waals surface area contributed by atoms with Crippen LogP contribution >= 0.6 is 0 Å². The molecule has 2 aromatic heterocycles. The molecule has 0 unspecified atom stereocenters. The van der Waals surface area contributed by atoms with Crippen LogP contribution < -0.4 is 11.5 Å². The average molecular weight is 595 g/mol. The first kappa shape index (κ1) is 28.8. The summed E-state index contributed by atoms with van der Waals surface area (Å²) in [6.07, 6.45) is 8.02. The second-order valence-corrected chi connectivity index (χ2v) is 11.4. The van der Waals surface area contributed by atoms with E-state index in [1.807, 2.05) is 50.3 Å². The lowest BCUT2D eigenvalue weighted by Crippen LogP contribution is -1.95. The summed E-state index contributed by atoms with van der Waals surface area (Å²) in [4.78, 5) is 10.0. The second-order valence-electron chi connectivity index (χ2n) is 11.4. The Morgan fingerprint density at radius 2 is 0.870 bits per heavy atom. The molecule has 4 heteroatoms. The number of fused-ring (bicyclic) bond motifs is 2. The van der Waals surface area contributed by atoms with Crippen LogP contribution in [0.5, 0.6) is 0 Å². The summed E-state index contributed by atoms with van der Waals surface area (Å²) in [5, 5.41) is 2.05. The molecule has 4 N–H and O–H groups in total. The summed E-state index contributed by atoms with van der Waals surface area (Å²) in [5.41, 5.74) is 26.4. The van der Waals surface area contributed by atoms with Crippen LogP contribution in [0.1, 0.15) is 25.0 Å². The van der Waals surface area contributed by atoms with Crippen LogP contribution in [0.15, 0.2) is 133 Å². The zero-order valence-electron chi connectivity index (χ0n) is 25.9. The van der Waals surface area contributed by atoms with E-state index in [4.69, 9.17) is 21.4 Å². The van der Waals surface area contributed by atoms with E-state index in [0.717, 1.165) is 77.7 Å². The fourth-order valence-corrected chi connectivity index (χ4v) is 6.10. The van der Waals surface area contributed by atoms with Crippen molar-refractivity contribution in [1.29, 1.82) is 0 Å². The molecule has 0 aliphatic heterocycles. The molecule has 2 heterocycles. The van der Waals surface area contributed by atoms with Gasteiger partial charge in [0.1, 0.15) is 0 Å². The van der Waals surface area contributed by atoms with Crippen LogP contribution in [-0.2, 0) is 0 Å². The number of nitrogen functional groups attached to an aromatic ring is 2. The fraction of sp³-hybridized carbons (Fsp3) is 0.0476. The van der Waals surface area contributed by atoms with Crippen molar-refractivity contribution in [2.75, 3.05) is 11.5 Å². The number of hydrogen-bond acceptors (Lipinski definition) is 4. The van der Waals surface area contributed by atoms with Crippen LogP contribution in [0.2, 0.25) is 0 Å². The molecule has 46 heavy (non-hydrogen) atoms. The topological polar surface area (TPSA) is 77.8 Å². The van der Waals surface area contributed by atoms with Crippen LogP contribution in [0.3, 0.4) is 0 Å². The number of aromatic nitrogens is 2. The van der Waals surface area contributed by atoms with Crippen LogP contribution in [0.4, 0.5) is 11.4 Å². The van der Waals surface area contributed by atoms with Crippen molar-refractivity contribution < 1.29 is 0 Å². The highest BCUT2D eigenvalue weighted by Crippen LogP contribution is 2.36. The predicted octanol–water partition coefficient (Wildman–Crippen LogP) is 10.7. The Morgan fingerprint density at radius 1 is 0.457 bits per heavy atom. The third kappa shape index (κ3) is 5.31. The van der Waals surface area contributed by atoms with Crippen molar-refractivity contribution in [1.82, 2.24) is 9.97 Å². The summed E-state index contributed by atoms with van der Waals surface area (Å²) in [6, 6.07) is 42.2. The molecule has 5 aromatic carbocycles. The van der Waals surface area contributed by atoms with Crippen molar-refractivity contribution in [3.05, 3.63) is 145 Å². The molecular weight excluding hydrogens is 560 g/mol. The summed E-state index contributed by atoms with van der Waals surface area (Å²) >= 11 is 0. The maximum Gasteiger partial charge on any atom is 0.0944 e. The third-order valence-electron chi connectivity index (χ3n) is 8.43. The average Bonchev–Trinajstić information content (AvgIpc) is 3.11. The van der Waals surface area contributed by atoms with Gasteiger partial charge in [0.15, 0.2) is 0 Å². The molecule has 0 amide bonds. The van der Waals surface area contributed by atoms with Gasteiger partial charge in [-0.25, -0.2) is 9.97 Å². The first-order valence-electron chi connectivity index (χ1n) is 15.5. The van der Waals surface area contributed by atoms with Gasteiger partial charge in [0.25, 0.3) is 0 Å².